The fourth-order valence-electron chi connectivity index (χ4n) is 1.79. The first kappa shape index (κ1) is 14.8. The van der Waals surface area contributed by atoms with E-state index in [1.54, 1.807) is 24.3 Å². The van der Waals surface area contributed by atoms with Gasteiger partial charge >= 0.3 is 0 Å². The second kappa shape index (κ2) is 6.24. The average Bonchev–Trinajstić information content (AvgIpc) is 2.39. The summed E-state index contributed by atoms with van der Waals surface area (Å²) in [4.78, 5) is 11.6. The first-order chi connectivity index (χ1) is 9.49. The van der Waals surface area contributed by atoms with Crippen molar-refractivity contribution in [2.45, 2.75) is 6.04 Å². The summed E-state index contributed by atoms with van der Waals surface area (Å²) >= 11 is 9.05. The first-order valence-corrected chi connectivity index (χ1v) is 6.91. The molecule has 1 atom stereocenters. The SMILES string of the molecule is NC(=O)C(Nc1cccc(Br)c1)c1cccc(Cl)c1F. The van der Waals surface area contributed by atoms with E-state index in [4.69, 9.17) is 17.3 Å². The van der Waals surface area contributed by atoms with E-state index in [-0.39, 0.29) is 10.6 Å². The zero-order valence-corrected chi connectivity index (χ0v) is 12.6. The van der Waals surface area contributed by atoms with Crippen LogP contribution in [0.5, 0.6) is 0 Å². The molecule has 2 aromatic rings. The number of hydrogen-bond acceptors (Lipinski definition) is 2. The molecule has 0 saturated carbocycles. The van der Waals surface area contributed by atoms with Crippen LogP contribution < -0.4 is 11.1 Å². The third kappa shape index (κ3) is 3.29. The number of nitrogens with two attached hydrogens (primary N) is 1. The van der Waals surface area contributed by atoms with Crippen molar-refractivity contribution in [3.05, 3.63) is 63.3 Å². The summed E-state index contributed by atoms with van der Waals surface area (Å²) in [6.45, 7) is 0. The molecular weight excluding hydrogens is 347 g/mol. The Bertz CT molecular complexity index is 651. The van der Waals surface area contributed by atoms with E-state index in [2.05, 4.69) is 21.2 Å². The minimum Gasteiger partial charge on any atom is -0.370 e. The molecule has 0 aliphatic heterocycles. The van der Waals surface area contributed by atoms with Crippen molar-refractivity contribution in [2.75, 3.05) is 5.32 Å². The topological polar surface area (TPSA) is 55.1 Å². The maximum atomic E-state index is 14.0. The summed E-state index contributed by atoms with van der Waals surface area (Å²) in [6, 6.07) is 10.6. The third-order valence-corrected chi connectivity index (χ3v) is 3.50. The lowest BCUT2D eigenvalue weighted by atomic mass is 10.1. The van der Waals surface area contributed by atoms with Crippen LogP contribution in [0.15, 0.2) is 46.9 Å². The van der Waals surface area contributed by atoms with Crippen LogP contribution in [0.25, 0.3) is 0 Å². The maximum Gasteiger partial charge on any atom is 0.244 e. The van der Waals surface area contributed by atoms with Gasteiger partial charge in [0.1, 0.15) is 11.9 Å². The number of amides is 1. The lowest BCUT2D eigenvalue weighted by Gasteiger charge is -2.18. The number of halogens is 3. The highest BCUT2D eigenvalue weighted by molar-refractivity contribution is 9.10. The Morgan fingerprint density at radius 2 is 2.00 bits per heavy atom. The van der Waals surface area contributed by atoms with Crippen LogP contribution >= 0.6 is 27.5 Å². The van der Waals surface area contributed by atoms with Gasteiger partial charge in [0.15, 0.2) is 0 Å². The van der Waals surface area contributed by atoms with Crippen LogP contribution in [0.1, 0.15) is 11.6 Å². The molecule has 6 heteroatoms. The molecule has 0 aliphatic rings. The highest BCUT2D eigenvalue weighted by atomic mass is 79.9. The number of carbonyl (C=O) groups is 1. The Labute approximate surface area is 129 Å². The summed E-state index contributed by atoms with van der Waals surface area (Å²) < 4.78 is 14.8. The highest BCUT2D eigenvalue weighted by Crippen LogP contribution is 2.27. The largest absolute Gasteiger partial charge is 0.370 e. The van der Waals surface area contributed by atoms with Crippen LogP contribution in [0.4, 0.5) is 10.1 Å². The number of carbonyl (C=O) groups excluding carboxylic acids is 1. The number of primary amides is 1. The number of benzene rings is 2. The van der Waals surface area contributed by atoms with E-state index in [0.717, 1.165) is 4.47 Å². The molecule has 0 bridgehead atoms. The predicted molar refractivity (Wildman–Crippen MR) is 81.1 cm³/mol. The first-order valence-electron chi connectivity index (χ1n) is 5.74. The Hall–Kier alpha value is -1.59. The lowest BCUT2D eigenvalue weighted by Crippen LogP contribution is -2.28. The van der Waals surface area contributed by atoms with Gasteiger partial charge in [-0.1, -0.05) is 45.7 Å². The van der Waals surface area contributed by atoms with E-state index in [0.29, 0.717) is 5.69 Å². The Morgan fingerprint density at radius 1 is 1.30 bits per heavy atom. The summed E-state index contributed by atoms with van der Waals surface area (Å²) in [5.74, 6) is -1.34. The molecule has 1 unspecified atom stereocenters. The van der Waals surface area contributed by atoms with Gasteiger partial charge < -0.3 is 11.1 Å². The van der Waals surface area contributed by atoms with Gasteiger partial charge in [-0.15, -0.1) is 0 Å². The predicted octanol–water partition coefficient (Wildman–Crippen LogP) is 3.88. The molecule has 20 heavy (non-hydrogen) atoms. The normalized spacial score (nSPS) is 11.9. The number of anilines is 1. The average molecular weight is 358 g/mol. The van der Waals surface area contributed by atoms with Crippen molar-refractivity contribution in [1.29, 1.82) is 0 Å². The van der Waals surface area contributed by atoms with Gasteiger partial charge in [0, 0.05) is 15.7 Å². The molecule has 2 aromatic carbocycles. The van der Waals surface area contributed by atoms with Crippen molar-refractivity contribution in [1.82, 2.24) is 0 Å². The summed E-state index contributed by atoms with van der Waals surface area (Å²) in [5.41, 5.74) is 6.11. The molecule has 0 heterocycles. The van der Waals surface area contributed by atoms with Gasteiger partial charge in [0.25, 0.3) is 0 Å². The van der Waals surface area contributed by atoms with Crippen LogP contribution in [0.2, 0.25) is 5.02 Å². The van der Waals surface area contributed by atoms with Gasteiger partial charge in [0.05, 0.1) is 5.02 Å². The molecule has 0 radical (unpaired) electrons. The number of nitrogens with one attached hydrogen (secondary N) is 1. The van der Waals surface area contributed by atoms with Crippen LogP contribution in [-0.4, -0.2) is 5.91 Å². The number of rotatable bonds is 4. The molecule has 1 amide bonds. The van der Waals surface area contributed by atoms with Gasteiger partial charge in [-0.2, -0.15) is 0 Å². The van der Waals surface area contributed by atoms with Crippen molar-refractivity contribution >= 4 is 39.1 Å². The van der Waals surface area contributed by atoms with Crippen molar-refractivity contribution in [3.8, 4) is 0 Å². The molecule has 0 saturated heterocycles. The second-order valence-electron chi connectivity index (χ2n) is 4.13. The van der Waals surface area contributed by atoms with Gasteiger partial charge in [0.2, 0.25) is 5.91 Å². The Kier molecular flexibility index (Phi) is 4.62. The van der Waals surface area contributed by atoms with E-state index < -0.39 is 17.8 Å². The van der Waals surface area contributed by atoms with Crippen LogP contribution in [0.3, 0.4) is 0 Å². The molecule has 0 spiro atoms. The van der Waals surface area contributed by atoms with Crippen LogP contribution in [0, 0.1) is 5.82 Å². The molecule has 3 nitrogen and oxygen atoms in total. The van der Waals surface area contributed by atoms with E-state index in [1.165, 1.54) is 12.1 Å². The fourth-order valence-corrected chi connectivity index (χ4v) is 2.37. The van der Waals surface area contributed by atoms with Crippen LogP contribution in [-0.2, 0) is 4.79 Å². The molecule has 0 aromatic heterocycles. The third-order valence-electron chi connectivity index (χ3n) is 2.71. The fraction of sp³-hybridized carbons (Fsp3) is 0.0714. The Balaban J connectivity index is 2.37. The Morgan fingerprint density at radius 3 is 2.65 bits per heavy atom. The smallest absolute Gasteiger partial charge is 0.244 e. The minimum absolute atomic E-state index is 0.0511. The molecule has 104 valence electrons. The molecule has 0 fully saturated rings. The minimum atomic E-state index is -0.997. The van der Waals surface area contributed by atoms with Crippen molar-refractivity contribution in [3.63, 3.8) is 0 Å². The van der Waals surface area contributed by atoms with E-state index >= 15 is 0 Å². The maximum absolute atomic E-state index is 14.0. The lowest BCUT2D eigenvalue weighted by molar-refractivity contribution is -0.118. The van der Waals surface area contributed by atoms with E-state index in [9.17, 15) is 9.18 Å². The zero-order valence-electron chi connectivity index (χ0n) is 10.2. The van der Waals surface area contributed by atoms with Crippen molar-refractivity contribution in [2.24, 2.45) is 5.73 Å². The van der Waals surface area contributed by atoms with Gasteiger partial charge in [-0.25, -0.2) is 4.39 Å². The zero-order chi connectivity index (χ0) is 14.7. The monoisotopic (exact) mass is 356 g/mol. The standard InChI is InChI=1S/C14H11BrClFN2O/c15-8-3-1-4-9(7-8)19-13(14(18)20)10-5-2-6-11(16)12(10)17/h1-7,13,19H,(H2,18,20). The highest BCUT2D eigenvalue weighted by Gasteiger charge is 2.22. The summed E-state index contributed by atoms with van der Waals surface area (Å²) in [6.07, 6.45) is 0. The summed E-state index contributed by atoms with van der Waals surface area (Å²) in [7, 11) is 0. The van der Waals surface area contributed by atoms with Gasteiger partial charge in [-0.05, 0) is 24.3 Å². The molecular formula is C14H11BrClFN2O. The summed E-state index contributed by atoms with van der Waals surface area (Å²) in [5, 5.41) is 2.85. The van der Waals surface area contributed by atoms with Crippen molar-refractivity contribution < 1.29 is 9.18 Å². The van der Waals surface area contributed by atoms with Gasteiger partial charge in [-0.3, -0.25) is 4.79 Å². The van der Waals surface area contributed by atoms with E-state index in [1.807, 2.05) is 6.07 Å². The second-order valence-corrected chi connectivity index (χ2v) is 5.46. The number of hydrogen-bond donors (Lipinski definition) is 2. The molecule has 2 rings (SSSR count). The molecule has 0 aliphatic carbocycles. The quantitative estimate of drug-likeness (QED) is 0.872. The molecule has 3 N–H and O–H groups in total.